The minimum absolute atomic E-state index is 0.0319. The van der Waals surface area contributed by atoms with Crippen LogP contribution in [0.3, 0.4) is 0 Å². The smallest absolute Gasteiger partial charge is 0.408 e. The van der Waals surface area contributed by atoms with Gasteiger partial charge in [0.05, 0.1) is 67.6 Å². The number of benzene rings is 2. The van der Waals surface area contributed by atoms with Gasteiger partial charge in [0.1, 0.15) is 35.5 Å². The summed E-state index contributed by atoms with van der Waals surface area (Å²) in [7, 11) is -7.98. The second-order valence-electron chi connectivity index (χ2n) is 35.0. The number of nitrogens with one attached hydrogen (secondary N) is 4. The zero-order chi connectivity index (χ0) is 77.1. The highest BCUT2D eigenvalue weighted by Gasteiger charge is 2.65. The van der Waals surface area contributed by atoms with Crippen LogP contribution in [0.25, 0.3) is 22.1 Å². The Morgan fingerprint density at radius 3 is 1.23 bits per heavy atom. The molecule has 6 amide bonds. The standard InChI is InChI=1S/2C39H55N5O8S/c2*1-8-25-22-39(25)23-30(45)29-21-26(24-44(29)32(46)31(36(2,3)4)41-35(48)52-37(5,6)7)51-34-40-27-15-11-12-16-28(27)43(34)20-14-10-9-13-17-38(18-19-38)53(49,50)42-33(39)47/h2*10-12,14-16,25-26,29,31H,8-9,13,17-24H2,1-7H3,(H,41,48)(H,42,47)/b2*14-10-/t2*25-,26-,29+,31-,39-/m11/s1. The third-order valence-corrected chi connectivity index (χ3v) is 27.0. The number of likely N-dealkylation sites (tertiary alicyclic amines) is 2. The van der Waals surface area contributed by atoms with E-state index >= 15 is 0 Å². The topological polar surface area (TPSA) is 332 Å². The maximum Gasteiger partial charge on any atom is 0.408 e. The molecule has 4 N–H and O–H groups in total. The lowest BCUT2D eigenvalue weighted by Crippen LogP contribution is -2.57. The first-order valence-electron chi connectivity index (χ1n) is 37.9. The average molecular weight is 1510 g/mol. The number of sulfonamides is 2. The summed E-state index contributed by atoms with van der Waals surface area (Å²) in [5, 5.41) is 5.51. The lowest BCUT2D eigenvalue weighted by Gasteiger charge is -2.36. The van der Waals surface area contributed by atoms with E-state index in [0.29, 0.717) is 115 Å². The van der Waals surface area contributed by atoms with Crippen molar-refractivity contribution in [2.24, 2.45) is 33.5 Å². The molecular weight excluding hydrogens is 1400 g/mol. The Balaban J connectivity index is 0.000000212. The van der Waals surface area contributed by atoms with E-state index in [4.69, 9.17) is 28.9 Å². The average Bonchev–Trinajstić information content (AvgIpc) is 1.57. The normalized spacial score (nSPS) is 28.5. The second-order valence-corrected chi connectivity index (χ2v) is 39.2. The van der Waals surface area contributed by atoms with Gasteiger partial charge in [-0.25, -0.2) is 26.4 Å². The number of ether oxygens (including phenoxy) is 4. The number of amides is 6. The van der Waals surface area contributed by atoms with Crippen LogP contribution in [-0.2, 0) is 71.4 Å². The molecule has 4 aromatic rings. The molecule has 4 aliphatic carbocycles. The summed E-state index contributed by atoms with van der Waals surface area (Å²) in [4.78, 5) is 125. The number of aromatic nitrogens is 4. The summed E-state index contributed by atoms with van der Waals surface area (Å²) >= 11 is 0. The Bertz CT molecular complexity index is 4080. The highest BCUT2D eigenvalue weighted by atomic mass is 32.2. The number of para-hydroxylation sites is 4. The van der Waals surface area contributed by atoms with Gasteiger partial charge in [0.25, 0.3) is 12.0 Å². The Hall–Kier alpha value is -7.88. The summed E-state index contributed by atoms with van der Waals surface area (Å²) < 4.78 is 85.8. The molecule has 580 valence electrons. The van der Waals surface area contributed by atoms with E-state index in [1.54, 1.807) is 41.5 Å². The van der Waals surface area contributed by atoms with Crippen LogP contribution in [0.4, 0.5) is 9.59 Å². The first-order valence-corrected chi connectivity index (χ1v) is 40.9. The van der Waals surface area contributed by atoms with Crippen LogP contribution in [0, 0.1) is 33.5 Å². The van der Waals surface area contributed by atoms with Crippen LogP contribution >= 0.6 is 0 Å². The van der Waals surface area contributed by atoms with Gasteiger partial charge in [0.15, 0.2) is 11.6 Å². The number of hydrogen-bond acceptors (Lipinski definition) is 18. The van der Waals surface area contributed by atoms with E-state index in [0.717, 1.165) is 22.1 Å². The summed E-state index contributed by atoms with van der Waals surface area (Å²) in [6.07, 6.45) is 12.4. The monoisotopic (exact) mass is 1510 g/mol. The SMILES string of the molecule is CC[C@@H]1C[C@@]12CC(=O)[C@@H]1C[C@H](CN1C(=O)[C@@H](NC(=O)OC(C)(C)C)C(C)(C)C)Oc1nc3ccccc3n1C/C=C\CCCC1(CC1)S(=O)(=O)NC2=O.CC[C@@H]1C[C@@]12CC(=O)[C@@H]1C[C@H](CN1C(=O)[C@@H](NC(=O)OC(C)(C)C)C(C)(C)C)Oc1nc3ccccc3n1C/C=C\CCCC1(CC1)S(=O)(=O)NC2=O. The van der Waals surface area contributed by atoms with Crippen LogP contribution in [-0.4, -0.2) is 163 Å². The molecule has 2 saturated heterocycles. The molecule has 106 heavy (non-hydrogen) atoms. The minimum atomic E-state index is -3.99. The van der Waals surface area contributed by atoms with Gasteiger partial charge in [-0.2, -0.15) is 9.97 Å². The highest BCUT2D eigenvalue weighted by Crippen LogP contribution is 2.60. The van der Waals surface area contributed by atoms with E-state index < -0.39 is 135 Å². The van der Waals surface area contributed by atoms with E-state index in [1.807, 2.05) is 137 Å². The molecule has 10 atom stereocenters. The molecule has 4 bridgehead atoms. The number of Topliss-reactive ketones (excluding diaryl/α,β-unsaturated/α-hetero) is 2. The van der Waals surface area contributed by atoms with Gasteiger partial charge < -0.3 is 39.4 Å². The van der Waals surface area contributed by atoms with E-state index in [9.17, 15) is 55.2 Å². The first-order chi connectivity index (χ1) is 49.6. The van der Waals surface area contributed by atoms with E-state index in [2.05, 4.69) is 20.1 Å². The van der Waals surface area contributed by atoms with Crippen molar-refractivity contribution in [1.29, 1.82) is 0 Å². The first kappa shape index (κ1) is 79.2. The zero-order valence-corrected chi connectivity index (χ0v) is 65.8. The predicted molar refractivity (Wildman–Crippen MR) is 399 cm³/mol. The number of carbonyl (C=O) groups excluding carboxylic acids is 8. The molecule has 0 radical (unpaired) electrons. The van der Waals surface area contributed by atoms with Gasteiger partial charge in [-0.1, -0.05) is 117 Å². The summed E-state index contributed by atoms with van der Waals surface area (Å²) in [5.74, 6) is -3.30. The Kier molecular flexibility index (Phi) is 22.1. The molecule has 2 aromatic heterocycles. The molecule has 6 fully saturated rings. The van der Waals surface area contributed by atoms with Crippen molar-refractivity contribution < 1.29 is 74.1 Å². The molecule has 8 aliphatic rings. The molecule has 6 heterocycles. The van der Waals surface area contributed by atoms with Gasteiger partial charge in [-0.05, 0) is 166 Å². The van der Waals surface area contributed by atoms with Crippen molar-refractivity contribution >= 4 is 89.5 Å². The minimum Gasteiger partial charge on any atom is -0.459 e. The quantitative estimate of drug-likeness (QED) is 0.130. The van der Waals surface area contributed by atoms with Crippen molar-refractivity contribution in [3.05, 3.63) is 72.8 Å². The number of carbonyl (C=O) groups is 8. The van der Waals surface area contributed by atoms with Crippen LogP contribution in [0.5, 0.6) is 12.0 Å². The third kappa shape index (κ3) is 17.0. The molecular formula is C78H110N10O16S2. The summed E-state index contributed by atoms with van der Waals surface area (Å²) in [6.45, 7) is 26.1. The number of rotatable bonds is 6. The molecule has 28 heteroatoms. The maximum atomic E-state index is 14.6. The van der Waals surface area contributed by atoms with E-state index in [1.165, 1.54) is 9.80 Å². The van der Waals surface area contributed by atoms with Gasteiger partial charge >= 0.3 is 12.2 Å². The Labute approximate surface area is 623 Å². The van der Waals surface area contributed by atoms with Crippen molar-refractivity contribution in [3.8, 4) is 12.0 Å². The fourth-order valence-corrected chi connectivity index (χ4v) is 19.5. The molecule has 4 aliphatic heterocycles. The number of allylic oxidation sites excluding steroid dienone is 4. The zero-order valence-electron chi connectivity index (χ0n) is 64.1. The largest absolute Gasteiger partial charge is 0.459 e. The number of alkyl carbamates (subject to hydrolysis) is 2. The van der Waals surface area contributed by atoms with Crippen molar-refractivity contribution in [2.75, 3.05) is 13.1 Å². The van der Waals surface area contributed by atoms with Crippen molar-refractivity contribution in [1.82, 2.24) is 49.0 Å². The molecule has 12 rings (SSSR count). The van der Waals surface area contributed by atoms with Gasteiger partial charge in [0.2, 0.25) is 43.7 Å². The van der Waals surface area contributed by atoms with Gasteiger partial charge in [-0.15, -0.1) is 0 Å². The van der Waals surface area contributed by atoms with Crippen molar-refractivity contribution in [3.63, 3.8) is 0 Å². The second kappa shape index (κ2) is 29.6. The maximum absolute atomic E-state index is 14.6. The number of fused-ring (bicyclic) bond motifs is 10. The predicted octanol–water partition coefficient (Wildman–Crippen LogP) is 10.8. The highest BCUT2D eigenvalue weighted by molar-refractivity contribution is 7.92. The van der Waals surface area contributed by atoms with Crippen LogP contribution in [0.15, 0.2) is 72.8 Å². The molecule has 26 nitrogen and oxygen atoms in total. The Morgan fingerprint density at radius 1 is 0.547 bits per heavy atom. The van der Waals surface area contributed by atoms with Gasteiger partial charge in [-0.3, -0.25) is 47.3 Å². The molecule has 0 unspecified atom stereocenters. The summed E-state index contributed by atoms with van der Waals surface area (Å²) in [5.41, 5.74) is -2.35. The Morgan fingerprint density at radius 2 is 0.906 bits per heavy atom. The van der Waals surface area contributed by atoms with Crippen molar-refractivity contribution in [2.45, 2.75) is 283 Å². The molecule has 4 saturated carbocycles. The van der Waals surface area contributed by atoms with Crippen LogP contribution < -0.4 is 29.6 Å². The number of nitrogens with zero attached hydrogens (tertiary/aromatic N) is 6. The number of imidazole rings is 2. The van der Waals surface area contributed by atoms with Crippen LogP contribution in [0.2, 0.25) is 0 Å². The van der Waals surface area contributed by atoms with Gasteiger partial charge in [0, 0.05) is 38.8 Å². The van der Waals surface area contributed by atoms with Crippen LogP contribution in [0.1, 0.15) is 213 Å². The molecule has 2 aromatic carbocycles. The third-order valence-electron chi connectivity index (χ3n) is 22.6. The fraction of sp³-hybridized carbons (Fsp3) is 0.667. The summed E-state index contributed by atoms with van der Waals surface area (Å²) in [6, 6.07) is 11.9. The lowest BCUT2D eigenvalue weighted by molar-refractivity contribution is -0.142. The lowest BCUT2D eigenvalue weighted by atomic mass is 9.85. The number of ketones is 2. The molecule has 4 spiro atoms. The fourth-order valence-electron chi connectivity index (χ4n) is 16.0. The van der Waals surface area contributed by atoms with E-state index in [-0.39, 0.29) is 62.2 Å². The number of hydrogen-bond donors (Lipinski definition) is 4.